The molecule has 0 aliphatic rings. The predicted octanol–water partition coefficient (Wildman–Crippen LogP) is 35.0. The Balaban J connectivity index is 0.000000108. The molecule has 0 saturated heterocycles. The standard InChI is InChI=1S/C47H31N3.C46H30N4.C45H29N5/c1-4-16-32(17-5-1)34-30-40(33-18-6-2-7-19-33)48-45(31-34)50-42-27-13-11-23-39(42)47-37(25-15-29-44(47)50)36-24-14-28-43-46(36)38-22-10-12-26-41(38)49(43)35-20-8-3-9-21-35;1-4-16-31(17-5-1)38-30-43(48-46(47-38)32-18-6-2-7-19-32)50-40-27-13-11-23-37(40)45-35(25-15-29-42(45)50)34-24-14-28-41-44(34)36-22-10-12-26-39(36)49(41)33-20-8-3-9-21-33;1-4-16-30(17-5-1)43-46-44(31-18-6-2-7-19-31)48-45(47-43)50-38-27-13-11-23-36(38)42-34(25-15-29-40(42)50)33-24-14-28-39-41(33)35-22-10-12-26-37(35)49(39)32-20-8-3-9-21-32/h1-31H;1-30H;1-29H. The monoisotopic (exact) mass is 1910 g/mol. The first-order valence-corrected chi connectivity index (χ1v) is 50.8. The minimum Gasteiger partial charge on any atom is -0.309 e. The third kappa shape index (κ3) is 15.0. The van der Waals surface area contributed by atoms with Crippen LogP contribution in [0.25, 0.3) is 267 Å². The lowest BCUT2D eigenvalue weighted by atomic mass is 9.95. The lowest BCUT2D eigenvalue weighted by Gasteiger charge is -2.13. The van der Waals surface area contributed by atoms with Gasteiger partial charge in [0.2, 0.25) is 5.95 Å². The van der Waals surface area contributed by atoms with Gasteiger partial charge in [-0.25, -0.2) is 19.9 Å². The molecule has 702 valence electrons. The Bertz CT molecular complexity index is 9320. The smallest absolute Gasteiger partial charge is 0.238 e. The lowest BCUT2D eigenvalue weighted by Crippen LogP contribution is -2.06. The van der Waals surface area contributed by atoms with E-state index in [-0.39, 0.29) is 0 Å². The average Bonchev–Trinajstić information content (AvgIpc) is 1.56. The number of hydrogen-bond acceptors (Lipinski definition) is 6. The first-order chi connectivity index (χ1) is 74.5. The summed E-state index contributed by atoms with van der Waals surface area (Å²) in [5, 5.41) is 14.6. The van der Waals surface area contributed by atoms with E-state index in [4.69, 9.17) is 29.9 Å². The second-order valence-corrected chi connectivity index (χ2v) is 37.8. The van der Waals surface area contributed by atoms with E-state index < -0.39 is 0 Å². The van der Waals surface area contributed by atoms with Crippen molar-refractivity contribution >= 4 is 131 Å². The number of para-hydroxylation sites is 9. The summed E-state index contributed by atoms with van der Waals surface area (Å²) in [6, 6.07) is 193. The van der Waals surface area contributed by atoms with E-state index in [1.807, 2.05) is 84.9 Å². The molecule has 12 heteroatoms. The Morgan fingerprint density at radius 1 is 0.127 bits per heavy atom. The van der Waals surface area contributed by atoms with Gasteiger partial charge in [0.1, 0.15) is 11.6 Å². The summed E-state index contributed by atoms with van der Waals surface area (Å²) < 4.78 is 14.0. The van der Waals surface area contributed by atoms with Crippen LogP contribution in [0.5, 0.6) is 0 Å². The Labute approximate surface area is 863 Å². The van der Waals surface area contributed by atoms with Crippen LogP contribution in [-0.2, 0) is 0 Å². The van der Waals surface area contributed by atoms with Crippen LogP contribution in [-0.4, -0.2) is 57.3 Å². The van der Waals surface area contributed by atoms with Crippen molar-refractivity contribution in [2.24, 2.45) is 0 Å². The molecule has 0 bridgehead atoms. The topological polar surface area (TPSA) is 107 Å². The second-order valence-electron chi connectivity index (χ2n) is 37.8. The summed E-state index contributed by atoms with van der Waals surface area (Å²) in [6.07, 6.45) is 0. The van der Waals surface area contributed by atoms with Crippen molar-refractivity contribution in [1.29, 1.82) is 0 Å². The zero-order valence-electron chi connectivity index (χ0n) is 81.3. The van der Waals surface area contributed by atoms with Gasteiger partial charge in [-0.2, -0.15) is 9.97 Å². The molecule has 0 amide bonds. The molecule has 30 rings (SSSR count). The molecular weight excluding hydrogens is 1830 g/mol. The van der Waals surface area contributed by atoms with Gasteiger partial charge in [-0.05, 0) is 166 Å². The van der Waals surface area contributed by atoms with Crippen molar-refractivity contribution in [3.05, 3.63) is 546 Å². The molecule has 0 atom stereocenters. The van der Waals surface area contributed by atoms with Crippen molar-refractivity contribution in [3.8, 4) is 136 Å². The summed E-state index contributed by atoms with van der Waals surface area (Å²) in [5.74, 6) is 4.28. The zero-order chi connectivity index (χ0) is 99.1. The van der Waals surface area contributed by atoms with E-state index in [0.717, 1.165) is 123 Å². The quantitative estimate of drug-likeness (QED) is 0.101. The van der Waals surface area contributed by atoms with Gasteiger partial charge in [0.25, 0.3) is 0 Å². The molecule has 0 aliphatic heterocycles. The van der Waals surface area contributed by atoms with Crippen LogP contribution in [0.2, 0.25) is 0 Å². The van der Waals surface area contributed by atoms with Crippen LogP contribution in [0.3, 0.4) is 0 Å². The Morgan fingerprint density at radius 2 is 0.347 bits per heavy atom. The molecule has 0 saturated carbocycles. The number of aromatic nitrogens is 12. The molecule has 21 aromatic carbocycles. The minimum absolute atomic E-state index is 0.583. The van der Waals surface area contributed by atoms with Crippen molar-refractivity contribution in [2.75, 3.05) is 0 Å². The third-order valence-corrected chi connectivity index (χ3v) is 29.2. The van der Waals surface area contributed by atoms with Gasteiger partial charge in [0, 0.05) is 116 Å². The van der Waals surface area contributed by atoms with Crippen LogP contribution in [0.4, 0.5) is 0 Å². The van der Waals surface area contributed by atoms with E-state index in [9.17, 15) is 0 Å². The molecule has 0 aliphatic carbocycles. The molecule has 0 unspecified atom stereocenters. The molecule has 30 aromatic rings. The first-order valence-electron chi connectivity index (χ1n) is 50.8. The van der Waals surface area contributed by atoms with E-state index in [0.29, 0.717) is 23.4 Å². The molecule has 0 N–H and O–H groups in total. The maximum Gasteiger partial charge on any atom is 0.238 e. The highest BCUT2D eigenvalue weighted by Gasteiger charge is 2.29. The van der Waals surface area contributed by atoms with E-state index in [2.05, 4.69) is 488 Å². The molecule has 0 fully saturated rings. The molecule has 150 heavy (non-hydrogen) atoms. The Kier molecular flexibility index (Phi) is 21.6. The second kappa shape index (κ2) is 37.1. The Morgan fingerprint density at radius 3 is 0.653 bits per heavy atom. The van der Waals surface area contributed by atoms with Gasteiger partial charge < -0.3 is 13.7 Å². The van der Waals surface area contributed by atoms with Gasteiger partial charge in [0.15, 0.2) is 17.5 Å². The fraction of sp³-hybridized carbons (Fsp3) is 0. The van der Waals surface area contributed by atoms with E-state index >= 15 is 0 Å². The van der Waals surface area contributed by atoms with E-state index in [1.54, 1.807) is 0 Å². The SMILES string of the molecule is c1ccc(-c2cc(-c3ccccc3)nc(-n3c4ccccc4c4c(-c5cccc6c5c5ccccc5n6-c5ccccc5)cccc43)c2)cc1.c1ccc(-c2cc(-n3c4ccccc4c4c(-c5cccc6c5c5ccccc5n6-c5ccccc5)cccc43)nc(-c3ccccc3)n2)cc1.c1ccc(-c2nc(-c3ccccc3)nc(-n3c4ccccc4c4c(-c5cccc6c5c5ccccc5n6-c5ccccc5)cccc43)n2)cc1. The van der Waals surface area contributed by atoms with Crippen molar-refractivity contribution in [1.82, 2.24) is 57.3 Å². The molecule has 9 aromatic heterocycles. The van der Waals surface area contributed by atoms with Crippen LogP contribution < -0.4 is 0 Å². The third-order valence-electron chi connectivity index (χ3n) is 29.2. The van der Waals surface area contributed by atoms with Gasteiger partial charge in [-0.15, -0.1) is 0 Å². The highest BCUT2D eigenvalue weighted by Crippen LogP contribution is 2.50. The first kappa shape index (κ1) is 87.5. The van der Waals surface area contributed by atoms with Crippen LogP contribution >= 0.6 is 0 Å². The van der Waals surface area contributed by atoms with Gasteiger partial charge >= 0.3 is 0 Å². The maximum atomic E-state index is 5.36. The number of nitrogens with zero attached hydrogens (tertiary/aromatic N) is 12. The normalized spacial score (nSPS) is 11.6. The number of rotatable bonds is 15. The van der Waals surface area contributed by atoms with Crippen LogP contribution in [0.15, 0.2) is 546 Å². The number of benzene rings is 21. The molecule has 0 spiro atoms. The number of hydrogen-bond donors (Lipinski definition) is 0. The fourth-order valence-corrected chi connectivity index (χ4v) is 22.8. The molecule has 9 heterocycles. The van der Waals surface area contributed by atoms with Crippen molar-refractivity contribution < 1.29 is 0 Å². The summed E-state index contributed by atoms with van der Waals surface area (Å²) in [7, 11) is 0. The summed E-state index contributed by atoms with van der Waals surface area (Å²) in [6.45, 7) is 0. The maximum absolute atomic E-state index is 5.36. The zero-order valence-corrected chi connectivity index (χ0v) is 81.3. The average molecular weight is 1920 g/mol. The van der Waals surface area contributed by atoms with Gasteiger partial charge in [-0.1, -0.05) is 419 Å². The molecule has 0 radical (unpaired) electrons. The van der Waals surface area contributed by atoms with Crippen molar-refractivity contribution in [2.45, 2.75) is 0 Å². The Hall–Kier alpha value is -20.3. The summed E-state index contributed by atoms with van der Waals surface area (Å²) in [5.41, 5.74) is 33.4. The van der Waals surface area contributed by atoms with Crippen molar-refractivity contribution in [3.63, 3.8) is 0 Å². The highest BCUT2D eigenvalue weighted by molar-refractivity contribution is 6.26. The predicted molar refractivity (Wildman–Crippen MR) is 621 cm³/mol. The summed E-state index contributed by atoms with van der Waals surface area (Å²) >= 11 is 0. The largest absolute Gasteiger partial charge is 0.309 e. The fourth-order valence-electron chi connectivity index (χ4n) is 22.8. The molecular formula is C138H90N12. The van der Waals surface area contributed by atoms with Crippen LogP contribution in [0, 0.1) is 0 Å². The highest BCUT2D eigenvalue weighted by atomic mass is 15.2. The number of fused-ring (bicyclic) bond motifs is 18. The van der Waals surface area contributed by atoms with E-state index in [1.165, 1.54) is 120 Å². The van der Waals surface area contributed by atoms with Crippen LogP contribution in [0.1, 0.15) is 0 Å². The molecule has 12 nitrogen and oxygen atoms in total. The van der Waals surface area contributed by atoms with Gasteiger partial charge in [0.05, 0.1) is 77.6 Å². The minimum atomic E-state index is 0.583. The summed E-state index contributed by atoms with van der Waals surface area (Å²) in [4.78, 5) is 30.9. The van der Waals surface area contributed by atoms with Gasteiger partial charge in [-0.3, -0.25) is 13.7 Å². The number of pyridine rings is 1. The lowest BCUT2D eigenvalue weighted by molar-refractivity contribution is 0.953.